The summed E-state index contributed by atoms with van der Waals surface area (Å²) in [5.41, 5.74) is 6.47. The molecule has 1 heterocycles. The predicted molar refractivity (Wildman–Crippen MR) is 63.4 cm³/mol. The molecule has 0 aromatic heterocycles. The third-order valence-corrected chi connectivity index (χ3v) is 3.49. The molecule has 0 spiro atoms. The first-order valence-electron chi connectivity index (χ1n) is 5.98. The number of nitrogens with zero attached hydrogens (tertiary/aromatic N) is 1. The first kappa shape index (κ1) is 12.5. The summed E-state index contributed by atoms with van der Waals surface area (Å²) in [4.78, 5) is 2.27. The van der Waals surface area contributed by atoms with Gasteiger partial charge in [0, 0.05) is 19.1 Å². The van der Waals surface area contributed by atoms with E-state index < -0.39 is 11.6 Å². The molecule has 2 atom stereocenters. The van der Waals surface area contributed by atoms with Crippen LogP contribution in [0.15, 0.2) is 18.2 Å². The van der Waals surface area contributed by atoms with Crippen molar-refractivity contribution in [3.63, 3.8) is 0 Å². The van der Waals surface area contributed by atoms with Crippen LogP contribution in [0.2, 0.25) is 0 Å². The molecule has 0 saturated carbocycles. The molecule has 1 aromatic rings. The van der Waals surface area contributed by atoms with Crippen molar-refractivity contribution in [3.05, 3.63) is 35.4 Å². The monoisotopic (exact) mass is 240 g/mol. The van der Waals surface area contributed by atoms with Crippen LogP contribution >= 0.6 is 0 Å². The normalized spacial score (nSPS) is 25.4. The van der Waals surface area contributed by atoms with Crippen molar-refractivity contribution < 1.29 is 8.78 Å². The summed E-state index contributed by atoms with van der Waals surface area (Å²) in [6.07, 6.45) is 1.08. The zero-order chi connectivity index (χ0) is 12.4. The highest BCUT2D eigenvalue weighted by Crippen LogP contribution is 2.24. The number of hydrogen-bond acceptors (Lipinski definition) is 2. The number of rotatable bonds is 3. The minimum absolute atomic E-state index is 0.455. The van der Waals surface area contributed by atoms with E-state index in [0.29, 0.717) is 25.0 Å². The van der Waals surface area contributed by atoms with Gasteiger partial charge >= 0.3 is 0 Å². The molecule has 0 aliphatic carbocycles. The van der Waals surface area contributed by atoms with E-state index in [2.05, 4.69) is 11.8 Å². The molecular weight excluding hydrogens is 222 g/mol. The van der Waals surface area contributed by atoms with Crippen LogP contribution in [0.4, 0.5) is 8.78 Å². The molecular formula is C13H18F2N2. The molecule has 0 radical (unpaired) electrons. The van der Waals surface area contributed by atoms with Gasteiger partial charge in [0.15, 0.2) is 11.6 Å². The van der Waals surface area contributed by atoms with Crippen LogP contribution in [0.1, 0.15) is 18.9 Å². The Morgan fingerprint density at radius 2 is 2.12 bits per heavy atom. The molecule has 1 aliphatic rings. The van der Waals surface area contributed by atoms with Crippen molar-refractivity contribution >= 4 is 0 Å². The predicted octanol–water partition coefficient (Wildman–Crippen LogP) is 2.13. The van der Waals surface area contributed by atoms with Gasteiger partial charge in [-0.3, -0.25) is 4.90 Å². The molecule has 0 amide bonds. The van der Waals surface area contributed by atoms with Crippen LogP contribution < -0.4 is 5.73 Å². The third kappa shape index (κ3) is 2.82. The van der Waals surface area contributed by atoms with E-state index in [1.54, 1.807) is 6.07 Å². The lowest BCUT2D eigenvalue weighted by Gasteiger charge is -2.21. The van der Waals surface area contributed by atoms with Gasteiger partial charge in [0.2, 0.25) is 0 Å². The SMILES string of the molecule is CC1CC(CN)CN1Cc1ccc(F)c(F)c1. The summed E-state index contributed by atoms with van der Waals surface area (Å²) >= 11 is 0. The van der Waals surface area contributed by atoms with Gasteiger partial charge in [0.1, 0.15) is 0 Å². The Morgan fingerprint density at radius 3 is 2.71 bits per heavy atom. The van der Waals surface area contributed by atoms with E-state index in [-0.39, 0.29) is 0 Å². The van der Waals surface area contributed by atoms with Gasteiger partial charge in [-0.2, -0.15) is 0 Å². The van der Waals surface area contributed by atoms with E-state index in [9.17, 15) is 8.78 Å². The second-order valence-electron chi connectivity index (χ2n) is 4.86. The largest absolute Gasteiger partial charge is 0.330 e. The molecule has 4 heteroatoms. The Labute approximate surface area is 100 Å². The van der Waals surface area contributed by atoms with Crippen molar-refractivity contribution in [1.29, 1.82) is 0 Å². The molecule has 2 nitrogen and oxygen atoms in total. The summed E-state index contributed by atoms with van der Waals surface area (Å²) in [6.45, 7) is 4.44. The van der Waals surface area contributed by atoms with Gasteiger partial charge in [-0.25, -0.2) is 8.78 Å². The molecule has 94 valence electrons. The first-order chi connectivity index (χ1) is 8.10. The minimum Gasteiger partial charge on any atom is -0.330 e. The van der Waals surface area contributed by atoms with E-state index in [4.69, 9.17) is 5.73 Å². The molecule has 1 aromatic carbocycles. The van der Waals surface area contributed by atoms with E-state index in [1.165, 1.54) is 12.1 Å². The molecule has 2 rings (SSSR count). The fraction of sp³-hybridized carbons (Fsp3) is 0.538. The van der Waals surface area contributed by atoms with Gasteiger partial charge in [-0.15, -0.1) is 0 Å². The summed E-state index contributed by atoms with van der Waals surface area (Å²) in [5.74, 6) is -1.04. The lowest BCUT2D eigenvalue weighted by atomic mass is 10.1. The molecule has 1 aliphatic heterocycles. The molecule has 0 bridgehead atoms. The maximum absolute atomic E-state index is 13.1. The van der Waals surface area contributed by atoms with E-state index in [1.807, 2.05) is 0 Å². The number of nitrogens with two attached hydrogens (primary N) is 1. The standard InChI is InChI=1S/C13H18F2N2/c1-9-4-11(6-16)8-17(9)7-10-2-3-12(14)13(15)5-10/h2-3,5,9,11H,4,6-8,16H2,1H3. The van der Waals surface area contributed by atoms with Crippen molar-refractivity contribution in [1.82, 2.24) is 4.90 Å². The quantitative estimate of drug-likeness (QED) is 0.877. The fourth-order valence-electron chi connectivity index (χ4n) is 2.48. The number of benzene rings is 1. The second kappa shape index (κ2) is 5.10. The lowest BCUT2D eigenvalue weighted by molar-refractivity contribution is 0.255. The molecule has 2 unspecified atom stereocenters. The third-order valence-electron chi connectivity index (χ3n) is 3.49. The Bertz CT molecular complexity index is 395. The molecule has 2 N–H and O–H groups in total. The Morgan fingerprint density at radius 1 is 1.35 bits per heavy atom. The lowest BCUT2D eigenvalue weighted by Crippen LogP contribution is -2.27. The van der Waals surface area contributed by atoms with Crippen molar-refractivity contribution in [2.45, 2.75) is 25.9 Å². The number of halogens is 2. The molecule has 1 fully saturated rings. The highest BCUT2D eigenvalue weighted by molar-refractivity contribution is 5.18. The van der Waals surface area contributed by atoms with Gasteiger partial charge in [0.25, 0.3) is 0 Å². The maximum atomic E-state index is 13.1. The zero-order valence-electron chi connectivity index (χ0n) is 10.00. The zero-order valence-corrected chi connectivity index (χ0v) is 10.00. The van der Waals surface area contributed by atoms with Gasteiger partial charge in [-0.05, 0) is 43.5 Å². The average Bonchev–Trinajstić information content (AvgIpc) is 2.65. The van der Waals surface area contributed by atoms with Crippen LogP contribution in [0, 0.1) is 17.6 Å². The maximum Gasteiger partial charge on any atom is 0.159 e. The Hall–Kier alpha value is -1.00. The van der Waals surface area contributed by atoms with Crippen molar-refractivity contribution in [2.75, 3.05) is 13.1 Å². The van der Waals surface area contributed by atoms with Crippen molar-refractivity contribution in [3.8, 4) is 0 Å². The highest BCUT2D eigenvalue weighted by Gasteiger charge is 2.27. The van der Waals surface area contributed by atoms with Crippen LogP contribution in [0.5, 0.6) is 0 Å². The fourth-order valence-corrected chi connectivity index (χ4v) is 2.48. The van der Waals surface area contributed by atoms with E-state index >= 15 is 0 Å². The summed E-state index contributed by atoms with van der Waals surface area (Å²) in [5, 5.41) is 0. The van der Waals surface area contributed by atoms with Crippen molar-refractivity contribution in [2.24, 2.45) is 11.7 Å². The minimum atomic E-state index is -0.789. The topological polar surface area (TPSA) is 29.3 Å². The first-order valence-corrected chi connectivity index (χ1v) is 5.98. The average molecular weight is 240 g/mol. The second-order valence-corrected chi connectivity index (χ2v) is 4.86. The molecule has 17 heavy (non-hydrogen) atoms. The van der Waals surface area contributed by atoms with Gasteiger partial charge in [-0.1, -0.05) is 6.07 Å². The van der Waals surface area contributed by atoms with Crippen LogP contribution in [-0.2, 0) is 6.54 Å². The van der Waals surface area contributed by atoms with Crippen LogP contribution in [0.25, 0.3) is 0 Å². The number of likely N-dealkylation sites (tertiary alicyclic amines) is 1. The summed E-state index contributed by atoms with van der Waals surface area (Å²) < 4.78 is 25.9. The Balaban J connectivity index is 2.03. The highest BCUT2D eigenvalue weighted by atomic mass is 19.2. The summed E-state index contributed by atoms with van der Waals surface area (Å²) in [6, 6.07) is 4.56. The van der Waals surface area contributed by atoms with Gasteiger partial charge < -0.3 is 5.73 Å². The Kier molecular flexibility index (Phi) is 3.74. The van der Waals surface area contributed by atoms with Crippen LogP contribution in [0.3, 0.4) is 0 Å². The smallest absolute Gasteiger partial charge is 0.159 e. The molecule has 1 saturated heterocycles. The van der Waals surface area contributed by atoms with Gasteiger partial charge in [0.05, 0.1) is 0 Å². The van der Waals surface area contributed by atoms with E-state index in [0.717, 1.165) is 18.5 Å². The number of hydrogen-bond donors (Lipinski definition) is 1. The summed E-state index contributed by atoms with van der Waals surface area (Å²) in [7, 11) is 0. The van der Waals surface area contributed by atoms with Crippen LogP contribution in [-0.4, -0.2) is 24.0 Å².